The van der Waals surface area contributed by atoms with E-state index in [4.69, 9.17) is 5.73 Å². The largest absolute Gasteiger partial charge is 0.406 e. The van der Waals surface area contributed by atoms with Gasteiger partial charge in [-0.15, -0.1) is 0 Å². The van der Waals surface area contributed by atoms with Gasteiger partial charge in [0.2, 0.25) is 0 Å². The highest BCUT2D eigenvalue weighted by molar-refractivity contribution is 9.10. The van der Waals surface area contributed by atoms with Gasteiger partial charge in [0, 0.05) is 22.3 Å². The molecule has 1 aromatic carbocycles. The zero-order valence-corrected chi connectivity index (χ0v) is 12.8. The van der Waals surface area contributed by atoms with Gasteiger partial charge in [-0.2, -0.15) is 13.2 Å². The van der Waals surface area contributed by atoms with Gasteiger partial charge in [0.05, 0.1) is 0 Å². The summed E-state index contributed by atoms with van der Waals surface area (Å²) >= 11 is 3.17. The lowest BCUT2D eigenvalue weighted by molar-refractivity contribution is -0.141. The van der Waals surface area contributed by atoms with Gasteiger partial charge in [-0.1, -0.05) is 29.8 Å². The number of nitrogens with zero attached hydrogens (tertiary/aromatic N) is 1. The lowest BCUT2D eigenvalue weighted by Gasteiger charge is -2.26. The molecule has 0 heterocycles. The Labute approximate surface area is 124 Å². The number of benzene rings is 1. The quantitative estimate of drug-likeness (QED) is 0.840. The first-order valence-corrected chi connectivity index (χ1v) is 6.80. The molecule has 1 aromatic rings. The van der Waals surface area contributed by atoms with Crippen LogP contribution in [0.3, 0.4) is 0 Å². The molecule has 0 aliphatic carbocycles. The molecule has 7 heteroatoms. The fourth-order valence-electron chi connectivity index (χ4n) is 1.79. The molecule has 0 aromatic heterocycles. The van der Waals surface area contributed by atoms with Crippen LogP contribution in [0.1, 0.15) is 24.2 Å². The van der Waals surface area contributed by atoms with Gasteiger partial charge in [-0.25, -0.2) is 0 Å². The maximum atomic E-state index is 12.6. The number of hydrogen-bond donors (Lipinski definition) is 1. The molecule has 0 aliphatic heterocycles. The summed E-state index contributed by atoms with van der Waals surface area (Å²) in [7, 11) is 0. The second kappa shape index (κ2) is 6.47. The van der Waals surface area contributed by atoms with Crippen LogP contribution in [0, 0.1) is 5.92 Å². The Bertz CT molecular complexity index is 469. The second-order valence-electron chi connectivity index (χ2n) is 4.97. The fraction of sp³-hybridized carbons (Fsp3) is 0.462. The number of alkyl halides is 3. The molecular weight excluding hydrogens is 337 g/mol. The molecule has 0 bridgehead atoms. The smallest absolute Gasteiger partial charge is 0.399 e. The van der Waals surface area contributed by atoms with Crippen LogP contribution in [-0.2, 0) is 0 Å². The van der Waals surface area contributed by atoms with E-state index in [1.165, 1.54) is 12.1 Å². The van der Waals surface area contributed by atoms with Crippen molar-refractivity contribution < 1.29 is 18.0 Å². The third-order valence-corrected chi connectivity index (χ3v) is 2.87. The molecule has 0 saturated heterocycles. The van der Waals surface area contributed by atoms with E-state index in [1.807, 2.05) is 0 Å². The van der Waals surface area contributed by atoms with E-state index < -0.39 is 18.6 Å². The lowest BCUT2D eigenvalue weighted by atomic mass is 10.1. The van der Waals surface area contributed by atoms with E-state index >= 15 is 0 Å². The number of hydrogen-bond acceptors (Lipinski definition) is 2. The van der Waals surface area contributed by atoms with Crippen LogP contribution in [0.4, 0.5) is 18.9 Å². The minimum atomic E-state index is -4.43. The van der Waals surface area contributed by atoms with E-state index in [0.29, 0.717) is 10.2 Å². The predicted molar refractivity (Wildman–Crippen MR) is 75.4 cm³/mol. The Morgan fingerprint density at radius 2 is 1.95 bits per heavy atom. The fourth-order valence-corrected chi connectivity index (χ4v) is 2.31. The molecule has 1 rings (SSSR count). The molecule has 0 atom stereocenters. The molecule has 0 fully saturated rings. The van der Waals surface area contributed by atoms with E-state index in [1.54, 1.807) is 19.9 Å². The molecule has 0 unspecified atom stereocenters. The number of rotatable bonds is 4. The molecule has 3 nitrogen and oxygen atoms in total. The molecule has 0 saturated carbocycles. The highest BCUT2D eigenvalue weighted by atomic mass is 79.9. The lowest BCUT2D eigenvalue weighted by Crippen LogP contribution is -2.41. The Morgan fingerprint density at radius 1 is 1.35 bits per heavy atom. The van der Waals surface area contributed by atoms with Crippen molar-refractivity contribution in [3.8, 4) is 0 Å². The number of nitrogen functional groups attached to an aromatic ring is 1. The Morgan fingerprint density at radius 3 is 2.40 bits per heavy atom. The molecular formula is C13H16BrF3N2O. The summed E-state index contributed by atoms with van der Waals surface area (Å²) in [5.74, 6) is -0.741. The summed E-state index contributed by atoms with van der Waals surface area (Å²) in [6, 6.07) is 4.41. The summed E-state index contributed by atoms with van der Waals surface area (Å²) in [6.45, 7) is 2.28. The standard InChI is InChI=1S/C13H16BrF3N2O/c1-8(2)6-19(7-13(15,16)17)12(20)9-3-10(14)5-11(18)4-9/h3-5,8H,6-7,18H2,1-2H3. The number of carbonyl (C=O) groups excluding carboxylic acids is 1. The first-order chi connectivity index (χ1) is 9.08. The van der Waals surface area contributed by atoms with Crippen LogP contribution in [0.25, 0.3) is 0 Å². The molecule has 1 amide bonds. The summed E-state index contributed by atoms with van der Waals surface area (Å²) in [6.07, 6.45) is -4.43. The van der Waals surface area contributed by atoms with Crippen LogP contribution in [-0.4, -0.2) is 30.1 Å². The molecule has 20 heavy (non-hydrogen) atoms. The highest BCUT2D eigenvalue weighted by Crippen LogP contribution is 2.22. The zero-order valence-electron chi connectivity index (χ0n) is 11.2. The van der Waals surface area contributed by atoms with Crippen LogP contribution < -0.4 is 5.73 Å². The molecule has 0 aliphatic rings. The number of nitrogens with two attached hydrogens (primary N) is 1. The molecule has 0 radical (unpaired) electrons. The van der Waals surface area contributed by atoms with Crippen LogP contribution in [0.15, 0.2) is 22.7 Å². The Hall–Kier alpha value is -1.24. The third kappa shape index (κ3) is 5.40. The van der Waals surface area contributed by atoms with Gasteiger partial charge in [-0.3, -0.25) is 4.79 Å². The van der Waals surface area contributed by atoms with Crippen molar-refractivity contribution in [3.63, 3.8) is 0 Å². The zero-order chi connectivity index (χ0) is 15.5. The predicted octanol–water partition coefficient (Wildman–Crippen LogP) is 3.69. The van der Waals surface area contributed by atoms with Gasteiger partial charge in [0.1, 0.15) is 6.54 Å². The Kier molecular flexibility index (Phi) is 5.44. The van der Waals surface area contributed by atoms with Gasteiger partial charge in [0.25, 0.3) is 5.91 Å². The first-order valence-electron chi connectivity index (χ1n) is 6.00. The maximum Gasteiger partial charge on any atom is 0.406 e. The maximum absolute atomic E-state index is 12.6. The summed E-state index contributed by atoms with van der Waals surface area (Å²) < 4.78 is 38.2. The number of anilines is 1. The normalized spacial score (nSPS) is 11.8. The first kappa shape index (κ1) is 16.8. The topological polar surface area (TPSA) is 46.3 Å². The van der Waals surface area contributed by atoms with Crippen molar-refractivity contribution in [2.75, 3.05) is 18.8 Å². The van der Waals surface area contributed by atoms with E-state index in [2.05, 4.69) is 15.9 Å². The van der Waals surface area contributed by atoms with Gasteiger partial charge in [-0.05, 0) is 24.1 Å². The van der Waals surface area contributed by atoms with Crippen molar-refractivity contribution in [3.05, 3.63) is 28.2 Å². The third-order valence-electron chi connectivity index (χ3n) is 2.41. The summed E-state index contributed by atoms with van der Waals surface area (Å²) in [4.78, 5) is 13.0. The van der Waals surface area contributed by atoms with Crippen LogP contribution >= 0.6 is 15.9 Å². The van der Waals surface area contributed by atoms with Gasteiger partial charge < -0.3 is 10.6 Å². The van der Waals surface area contributed by atoms with Gasteiger partial charge in [0.15, 0.2) is 0 Å². The van der Waals surface area contributed by atoms with Crippen molar-refractivity contribution in [1.82, 2.24) is 4.90 Å². The van der Waals surface area contributed by atoms with Crippen molar-refractivity contribution in [1.29, 1.82) is 0 Å². The average molecular weight is 353 g/mol. The number of amides is 1. The summed E-state index contributed by atoms with van der Waals surface area (Å²) in [5.41, 5.74) is 6.06. The molecule has 112 valence electrons. The molecule has 2 N–H and O–H groups in total. The van der Waals surface area contributed by atoms with Crippen LogP contribution in [0.2, 0.25) is 0 Å². The highest BCUT2D eigenvalue weighted by Gasteiger charge is 2.33. The minimum Gasteiger partial charge on any atom is -0.399 e. The molecule has 0 spiro atoms. The van der Waals surface area contributed by atoms with Crippen molar-refractivity contribution in [2.24, 2.45) is 5.92 Å². The van der Waals surface area contributed by atoms with Crippen molar-refractivity contribution in [2.45, 2.75) is 20.0 Å². The van der Waals surface area contributed by atoms with Crippen LogP contribution in [0.5, 0.6) is 0 Å². The average Bonchev–Trinajstić information content (AvgIpc) is 2.23. The minimum absolute atomic E-state index is 0.0325. The number of halogens is 4. The summed E-state index contributed by atoms with van der Waals surface area (Å²) in [5, 5.41) is 0. The SMILES string of the molecule is CC(C)CN(CC(F)(F)F)C(=O)c1cc(N)cc(Br)c1. The second-order valence-corrected chi connectivity index (χ2v) is 5.88. The monoisotopic (exact) mass is 352 g/mol. The van der Waals surface area contributed by atoms with Crippen molar-refractivity contribution >= 4 is 27.5 Å². The Balaban J connectivity index is 3.03. The van der Waals surface area contributed by atoms with E-state index in [-0.39, 0.29) is 18.0 Å². The van der Waals surface area contributed by atoms with E-state index in [9.17, 15) is 18.0 Å². The van der Waals surface area contributed by atoms with E-state index in [0.717, 1.165) is 4.90 Å². The van der Waals surface area contributed by atoms with Gasteiger partial charge >= 0.3 is 6.18 Å². The number of carbonyl (C=O) groups is 1.